The first kappa shape index (κ1) is 26.7. The van der Waals surface area contributed by atoms with Gasteiger partial charge in [-0.3, -0.25) is 14.2 Å². The van der Waals surface area contributed by atoms with Crippen LogP contribution >= 0.6 is 0 Å². The first-order chi connectivity index (χ1) is 19.1. The van der Waals surface area contributed by atoms with Gasteiger partial charge in [0, 0.05) is 36.7 Å². The van der Waals surface area contributed by atoms with Crippen molar-refractivity contribution in [1.29, 1.82) is 5.26 Å². The van der Waals surface area contributed by atoms with Crippen molar-refractivity contribution in [1.82, 2.24) is 24.4 Å². The van der Waals surface area contributed by atoms with Crippen molar-refractivity contribution in [2.24, 2.45) is 0 Å². The van der Waals surface area contributed by atoms with Crippen LogP contribution in [0, 0.1) is 11.3 Å². The van der Waals surface area contributed by atoms with Crippen molar-refractivity contribution in [3.63, 3.8) is 0 Å². The van der Waals surface area contributed by atoms with E-state index in [0.29, 0.717) is 53.1 Å². The number of rotatable bonds is 4. The largest absolute Gasteiger partial charge is 0.444 e. The van der Waals surface area contributed by atoms with Gasteiger partial charge in [-0.15, -0.1) is 0 Å². The fraction of sp³-hybridized carbons (Fsp3) is 0.300. The highest BCUT2D eigenvalue weighted by Crippen LogP contribution is 2.25. The van der Waals surface area contributed by atoms with Crippen LogP contribution in [-0.2, 0) is 24.1 Å². The summed E-state index contributed by atoms with van der Waals surface area (Å²) in [6, 6.07) is 16.2. The normalized spacial score (nSPS) is 13.0. The fourth-order valence-corrected chi connectivity index (χ4v) is 4.88. The quantitative estimate of drug-likeness (QED) is 0.424. The summed E-state index contributed by atoms with van der Waals surface area (Å²) in [7, 11) is 1.57. The van der Waals surface area contributed by atoms with Crippen LogP contribution in [-0.4, -0.2) is 50.3 Å². The van der Waals surface area contributed by atoms with Crippen molar-refractivity contribution >= 4 is 17.6 Å². The summed E-state index contributed by atoms with van der Waals surface area (Å²) in [6.45, 7) is 5.98. The maximum absolute atomic E-state index is 14.1. The Labute approximate surface area is 231 Å². The van der Waals surface area contributed by atoms with E-state index in [9.17, 15) is 14.4 Å². The molecule has 2 amide bonds. The molecule has 2 aromatic carbocycles. The van der Waals surface area contributed by atoms with Gasteiger partial charge in [-0.25, -0.2) is 9.31 Å². The highest BCUT2D eigenvalue weighted by Gasteiger charge is 2.31. The maximum atomic E-state index is 14.1. The molecule has 0 atom stereocenters. The number of carbonyl (C=O) groups excluding carboxylic acids is 2. The third-order valence-corrected chi connectivity index (χ3v) is 6.81. The van der Waals surface area contributed by atoms with E-state index in [1.807, 2.05) is 32.9 Å². The van der Waals surface area contributed by atoms with Crippen LogP contribution < -0.4 is 10.9 Å². The topological polar surface area (TPSA) is 122 Å². The molecule has 10 heteroatoms. The van der Waals surface area contributed by atoms with Gasteiger partial charge in [0.25, 0.3) is 11.5 Å². The lowest BCUT2D eigenvalue weighted by Gasteiger charge is -2.31. The lowest BCUT2D eigenvalue weighted by atomic mass is 10.0. The first-order valence-electron chi connectivity index (χ1n) is 13.0. The molecule has 1 aliphatic rings. The monoisotopic (exact) mass is 538 g/mol. The zero-order valence-electron chi connectivity index (χ0n) is 22.9. The van der Waals surface area contributed by atoms with Gasteiger partial charge in [0.05, 0.1) is 35.8 Å². The molecule has 0 fully saturated rings. The van der Waals surface area contributed by atoms with Crippen LogP contribution in [0.4, 0.5) is 4.79 Å². The molecular weight excluding hydrogens is 508 g/mol. The molecule has 2 aromatic heterocycles. The van der Waals surface area contributed by atoms with E-state index in [2.05, 4.69) is 16.5 Å². The standard InChI is InChI=1S/C30H30N6O4/c1-30(2,3)40-29(39)34-14-13-24-25(18-34)36-27(22(17-33-36)15-19-5-7-20(16-31)8-6-19)35(28(24)38)23-11-9-21(10-12-23)26(37)32-4/h5-12,17H,13-15,18H2,1-4H3,(H,32,37). The summed E-state index contributed by atoms with van der Waals surface area (Å²) in [5, 5.41) is 16.4. The van der Waals surface area contributed by atoms with E-state index in [-0.39, 0.29) is 18.0 Å². The molecule has 0 saturated carbocycles. The molecule has 1 aliphatic heterocycles. The van der Waals surface area contributed by atoms with Gasteiger partial charge in [0.1, 0.15) is 11.2 Å². The first-order valence-corrected chi connectivity index (χ1v) is 13.0. The predicted octanol–water partition coefficient (Wildman–Crippen LogP) is 3.60. The highest BCUT2D eigenvalue weighted by atomic mass is 16.6. The van der Waals surface area contributed by atoms with Crippen LogP contribution in [0.25, 0.3) is 11.3 Å². The van der Waals surface area contributed by atoms with E-state index in [0.717, 1.165) is 11.1 Å². The number of nitriles is 1. The molecular formula is C30H30N6O4. The molecule has 0 aliphatic carbocycles. The number of fused-ring (bicyclic) bond motifs is 3. The van der Waals surface area contributed by atoms with E-state index >= 15 is 0 Å². The lowest BCUT2D eigenvalue weighted by Crippen LogP contribution is -2.43. The number of hydrogen-bond donors (Lipinski definition) is 1. The summed E-state index contributed by atoms with van der Waals surface area (Å²) in [6.07, 6.45) is 2.12. The van der Waals surface area contributed by atoms with Crippen molar-refractivity contribution in [3.05, 3.63) is 98.6 Å². The number of nitrogens with one attached hydrogen (secondary N) is 1. The minimum absolute atomic E-state index is 0.185. The Morgan fingerprint density at radius 3 is 2.42 bits per heavy atom. The average molecular weight is 539 g/mol. The van der Waals surface area contributed by atoms with Gasteiger partial charge < -0.3 is 15.0 Å². The Hall–Kier alpha value is -4.91. The van der Waals surface area contributed by atoms with Gasteiger partial charge >= 0.3 is 6.09 Å². The molecule has 5 rings (SSSR count). The van der Waals surface area contributed by atoms with Crippen molar-refractivity contribution < 1.29 is 14.3 Å². The van der Waals surface area contributed by atoms with Gasteiger partial charge in [-0.05, 0) is 69.2 Å². The van der Waals surface area contributed by atoms with Gasteiger partial charge in [-0.1, -0.05) is 12.1 Å². The molecule has 3 heterocycles. The molecule has 1 N–H and O–H groups in total. The zero-order valence-corrected chi connectivity index (χ0v) is 22.9. The number of ether oxygens (including phenoxy) is 1. The second-order valence-corrected chi connectivity index (χ2v) is 10.7. The van der Waals surface area contributed by atoms with Crippen molar-refractivity contribution in [2.75, 3.05) is 13.6 Å². The fourth-order valence-electron chi connectivity index (χ4n) is 4.88. The predicted molar refractivity (Wildman–Crippen MR) is 148 cm³/mol. The molecule has 0 spiro atoms. The van der Waals surface area contributed by atoms with Crippen LogP contribution in [0.1, 0.15) is 59.1 Å². The highest BCUT2D eigenvalue weighted by molar-refractivity contribution is 5.94. The minimum atomic E-state index is -0.642. The second kappa shape index (κ2) is 10.3. The molecule has 40 heavy (non-hydrogen) atoms. The van der Waals surface area contributed by atoms with E-state index in [4.69, 9.17) is 10.00 Å². The van der Waals surface area contributed by atoms with E-state index < -0.39 is 11.7 Å². The van der Waals surface area contributed by atoms with Gasteiger partial charge in [-0.2, -0.15) is 10.4 Å². The Morgan fingerprint density at radius 1 is 1.10 bits per heavy atom. The average Bonchev–Trinajstić information content (AvgIpc) is 3.35. The Kier molecular flexibility index (Phi) is 6.90. The molecule has 0 radical (unpaired) electrons. The smallest absolute Gasteiger partial charge is 0.410 e. The molecule has 0 bridgehead atoms. The number of carbonyl (C=O) groups is 2. The molecule has 0 unspecified atom stereocenters. The number of amides is 2. The number of hydrogen-bond acceptors (Lipinski definition) is 6. The van der Waals surface area contributed by atoms with Crippen LogP contribution in [0.5, 0.6) is 0 Å². The summed E-state index contributed by atoms with van der Waals surface area (Å²) in [5.41, 5.74) is 4.36. The minimum Gasteiger partial charge on any atom is -0.444 e. The number of aromatic nitrogens is 3. The third-order valence-electron chi connectivity index (χ3n) is 6.81. The van der Waals surface area contributed by atoms with Crippen molar-refractivity contribution in [3.8, 4) is 11.8 Å². The van der Waals surface area contributed by atoms with Crippen LogP contribution in [0.15, 0.2) is 59.5 Å². The number of benzene rings is 2. The van der Waals surface area contributed by atoms with Crippen LogP contribution in [0.2, 0.25) is 0 Å². The number of nitrogens with zero attached hydrogens (tertiary/aromatic N) is 5. The summed E-state index contributed by atoms with van der Waals surface area (Å²) in [4.78, 5) is 40.6. The summed E-state index contributed by atoms with van der Waals surface area (Å²) < 4.78 is 8.95. The lowest BCUT2D eigenvalue weighted by molar-refractivity contribution is 0.0218. The summed E-state index contributed by atoms with van der Waals surface area (Å²) >= 11 is 0. The van der Waals surface area contributed by atoms with Crippen molar-refractivity contribution in [2.45, 2.75) is 45.8 Å². The third kappa shape index (κ3) is 5.06. The SMILES string of the molecule is CNC(=O)c1ccc(-n2c(=O)c3c(n4ncc(Cc5ccc(C#N)cc5)c24)CN(C(=O)OC(C)(C)C)CC3)cc1. The Bertz CT molecular complexity index is 1700. The second-order valence-electron chi connectivity index (χ2n) is 10.7. The Balaban J connectivity index is 1.65. The zero-order chi connectivity index (χ0) is 28.6. The van der Waals surface area contributed by atoms with E-state index in [1.165, 1.54) is 0 Å². The van der Waals surface area contributed by atoms with E-state index in [1.54, 1.807) is 63.6 Å². The molecule has 204 valence electrons. The van der Waals surface area contributed by atoms with Gasteiger partial charge in [0.2, 0.25) is 0 Å². The Morgan fingerprint density at radius 2 is 1.80 bits per heavy atom. The summed E-state index contributed by atoms with van der Waals surface area (Å²) in [5.74, 6) is -0.220. The molecule has 10 nitrogen and oxygen atoms in total. The molecule has 0 saturated heterocycles. The molecule has 4 aromatic rings. The maximum Gasteiger partial charge on any atom is 0.410 e. The van der Waals surface area contributed by atoms with Gasteiger partial charge in [0.15, 0.2) is 0 Å². The van der Waals surface area contributed by atoms with Crippen LogP contribution in [0.3, 0.4) is 0 Å².